The Kier molecular flexibility index (Phi) is 2.46. The molecule has 0 fully saturated rings. The van der Waals surface area contributed by atoms with Gasteiger partial charge in [-0.1, -0.05) is 19.9 Å². The summed E-state index contributed by atoms with van der Waals surface area (Å²) in [4.78, 5) is 12.0. The molecule has 0 amide bonds. The van der Waals surface area contributed by atoms with Gasteiger partial charge in [0.15, 0.2) is 0 Å². The minimum atomic E-state index is 0.00620. The average molecular weight is 216 g/mol. The summed E-state index contributed by atoms with van der Waals surface area (Å²) in [5, 5.41) is 1.61. The molecule has 3 heteroatoms. The van der Waals surface area contributed by atoms with E-state index in [1.807, 2.05) is 24.4 Å². The summed E-state index contributed by atoms with van der Waals surface area (Å²) in [7, 11) is 1.77. The van der Waals surface area contributed by atoms with Crippen LogP contribution in [0.3, 0.4) is 0 Å². The fourth-order valence-corrected chi connectivity index (χ4v) is 2.03. The molecule has 0 aliphatic carbocycles. The number of pyridine rings is 1. The molecule has 0 saturated heterocycles. The molecule has 0 radical (unpaired) electrons. The molecule has 2 N–H and O–H groups in total. The molecule has 16 heavy (non-hydrogen) atoms. The number of anilines is 1. The van der Waals surface area contributed by atoms with Gasteiger partial charge in [-0.15, -0.1) is 0 Å². The highest BCUT2D eigenvalue weighted by Crippen LogP contribution is 2.27. The summed E-state index contributed by atoms with van der Waals surface area (Å²) in [6.45, 7) is 4.21. The van der Waals surface area contributed by atoms with E-state index in [0.717, 1.165) is 10.9 Å². The van der Waals surface area contributed by atoms with Crippen molar-refractivity contribution in [3.8, 4) is 0 Å². The van der Waals surface area contributed by atoms with Crippen LogP contribution >= 0.6 is 0 Å². The molecule has 1 aromatic carbocycles. The van der Waals surface area contributed by atoms with E-state index in [2.05, 4.69) is 13.8 Å². The Bertz CT molecular complexity index is 597. The molecule has 0 aliphatic rings. The smallest absolute Gasteiger partial charge is 0.258 e. The number of hydrogen-bond acceptors (Lipinski definition) is 2. The van der Waals surface area contributed by atoms with Crippen LogP contribution in [0.2, 0.25) is 0 Å². The van der Waals surface area contributed by atoms with Crippen LogP contribution in [0.15, 0.2) is 29.2 Å². The number of aryl methyl sites for hydroxylation is 1. The molecule has 0 saturated carbocycles. The predicted molar refractivity (Wildman–Crippen MR) is 67.7 cm³/mol. The van der Waals surface area contributed by atoms with Crippen molar-refractivity contribution in [3.05, 3.63) is 40.3 Å². The average Bonchev–Trinajstić information content (AvgIpc) is 2.23. The first-order chi connectivity index (χ1) is 7.52. The first-order valence-electron chi connectivity index (χ1n) is 5.40. The van der Waals surface area contributed by atoms with Gasteiger partial charge in [0, 0.05) is 29.7 Å². The van der Waals surface area contributed by atoms with Gasteiger partial charge in [-0.05, 0) is 23.6 Å². The number of benzene rings is 1. The first-order valence-corrected chi connectivity index (χ1v) is 5.40. The van der Waals surface area contributed by atoms with Crippen LogP contribution in [-0.4, -0.2) is 4.57 Å². The van der Waals surface area contributed by atoms with Gasteiger partial charge in [0.25, 0.3) is 5.56 Å². The lowest BCUT2D eigenvalue weighted by Gasteiger charge is -2.13. The van der Waals surface area contributed by atoms with Crippen LogP contribution in [0.4, 0.5) is 5.69 Å². The number of nitrogens with two attached hydrogens (primary N) is 1. The van der Waals surface area contributed by atoms with E-state index in [4.69, 9.17) is 5.73 Å². The number of fused-ring (bicyclic) bond motifs is 1. The zero-order chi connectivity index (χ0) is 11.9. The molecule has 0 atom stereocenters. The van der Waals surface area contributed by atoms with E-state index in [1.54, 1.807) is 11.6 Å². The van der Waals surface area contributed by atoms with E-state index in [-0.39, 0.29) is 5.56 Å². The highest BCUT2D eigenvalue weighted by Gasteiger charge is 2.11. The van der Waals surface area contributed by atoms with Crippen molar-refractivity contribution >= 4 is 16.5 Å². The van der Waals surface area contributed by atoms with Gasteiger partial charge in [0.05, 0.1) is 0 Å². The Morgan fingerprint density at radius 3 is 2.62 bits per heavy atom. The van der Waals surface area contributed by atoms with E-state index < -0.39 is 0 Å². The van der Waals surface area contributed by atoms with Crippen molar-refractivity contribution in [2.45, 2.75) is 19.8 Å². The lowest BCUT2D eigenvalue weighted by Crippen LogP contribution is -2.18. The quantitative estimate of drug-likeness (QED) is 0.743. The predicted octanol–water partition coefficient (Wildman–Crippen LogP) is 2.24. The minimum absolute atomic E-state index is 0.00620. The number of nitrogens with zero attached hydrogens (tertiary/aromatic N) is 1. The summed E-state index contributed by atoms with van der Waals surface area (Å²) < 4.78 is 1.62. The second kappa shape index (κ2) is 3.67. The Hall–Kier alpha value is -1.77. The molecule has 0 bridgehead atoms. The maximum atomic E-state index is 12.0. The van der Waals surface area contributed by atoms with E-state index in [9.17, 15) is 4.79 Å². The van der Waals surface area contributed by atoms with Gasteiger partial charge in [0.2, 0.25) is 0 Å². The summed E-state index contributed by atoms with van der Waals surface area (Å²) in [5.41, 5.74) is 7.77. The van der Waals surface area contributed by atoms with Crippen molar-refractivity contribution in [2.75, 3.05) is 5.73 Å². The molecule has 1 heterocycles. The van der Waals surface area contributed by atoms with Gasteiger partial charge in [-0.2, -0.15) is 0 Å². The summed E-state index contributed by atoms with van der Waals surface area (Å²) in [6.07, 6.45) is 1.88. The minimum Gasteiger partial charge on any atom is -0.398 e. The van der Waals surface area contributed by atoms with Crippen LogP contribution in [-0.2, 0) is 7.05 Å². The number of hydrogen-bond donors (Lipinski definition) is 1. The molecule has 0 unspecified atom stereocenters. The molecule has 2 aromatic rings. The number of rotatable bonds is 1. The van der Waals surface area contributed by atoms with Crippen molar-refractivity contribution < 1.29 is 0 Å². The third-order valence-corrected chi connectivity index (χ3v) is 2.89. The standard InChI is InChI=1S/C13H16N2O/c1-8(2)10-7-15(3)13(16)9-5-4-6-11(14)12(9)10/h4-8H,14H2,1-3H3. The highest BCUT2D eigenvalue weighted by molar-refractivity contribution is 5.95. The topological polar surface area (TPSA) is 48.0 Å². The molecular weight excluding hydrogens is 200 g/mol. The largest absolute Gasteiger partial charge is 0.398 e. The Labute approximate surface area is 94.5 Å². The molecule has 0 aliphatic heterocycles. The van der Waals surface area contributed by atoms with Crippen molar-refractivity contribution in [1.82, 2.24) is 4.57 Å². The molecular formula is C13H16N2O. The second-order valence-corrected chi connectivity index (χ2v) is 4.42. The molecule has 84 valence electrons. The Balaban J connectivity index is 3.02. The van der Waals surface area contributed by atoms with Gasteiger partial charge in [0.1, 0.15) is 0 Å². The summed E-state index contributed by atoms with van der Waals surface area (Å²) >= 11 is 0. The molecule has 1 aromatic heterocycles. The third kappa shape index (κ3) is 1.48. The highest BCUT2D eigenvalue weighted by atomic mass is 16.1. The SMILES string of the molecule is CC(C)c1cn(C)c(=O)c2cccc(N)c12. The summed E-state index contributed by atoms with van der Waals surface area (Å²) in [5.74, 6) is 0.346. The van der Waals surface area contributed by atoms with Crippen LogP contribution < -0.4 is 11.3 Å². The lowest BCUT2D eigenvalue weighted by atomic mass is 9.97. The second-order valence-electron chi connectivity index (χ2n) is 4.42. The van der Waals surface area contributed by atoms with E-state index in [0.29, 0.717) is 17.0 Å². The fraction of sp³-hybridized carbons (Fsp3) is 0.308. The normalized spacial score (nSPS) is 11.2. The molecule has 3 nitrogen and oxygen atoms in total. The molecule has 2 rings (SSSR count). The van der Waals surface area contributed by atoms with E-state index in [1.165, 1.54) is 0 Å². The molecule has 0 spiro atoms. The number of nitrogen functional groups attached to an aromatic ring is 1. The monoisotopic (exact) mass is 216 g/mol. The van der Waals surface area contributed by atoms with Gasteiger partial charge < -0.3 is 10.3 Å². The zero-order valence-corrected chi connectivity index (χ0v) is 9.82. The van der Waals surface area contributed by atoms with Crippen LogP contribution in [0, 0.1) is 0 Å². The van der Waals surface area contributed by atoms with Gasteiger partial charge in [-0.25, -0.2) is 0 Å². The van der Waals surface area contributed by atoms with Crippen molar-refractivity contribution in [3.63, 3.8) is 0 Å². The lowest BCUT2D eigenvalue weighted by molar-refractivity contribution is 0.810. The Morgan fingerprint density at radius 2 is 2.00 bits per heavy atom. The maximum Gasteiger partial charge on any atom is 0.258 e. The first kappa shape index (κ1) is 10.7. The van der Waals surface area contributed by atoms with Crippen LogP contribution in [0.25, 0.3) is 10.8 Å². The van der Waals surface area contributed by atoms with Crippen molar-refractivity contribution in [1.29, 1.82) is 0 Å². The third-order valence-electron chi connectivity index (χ3n) is 2.89. The maximum absolute atomic E-state index is 12.0. The van der Waals surface area contributed by atoms with Crippen LogP contribution in [0.5, 0.6) is 0 Å². The van der Waals surface area contributed by atoms with Crippen molar-refractivity contribution in [2.24, 2.45) is 7.05 Å². The van der Waals surface area contributed by atoms with Gasteiger partial charge >= 0.3 is 0 Å². The fourth-order valence-electron chi connectivity index (χ4n) is 2.03. The van der Waals surface area contributed by atoms with Gasteiger partial charge in [-0.3, -0.25) is 4.79 Å². The Morgan fingerprint density at radius 1 is 1.31 bits per heavy atom. The van der Waals surface area contributed by atoms with Crippen LogP contribution in [0.1, 0.15) is 25.3 Å². The zero-order valence-electron chi connectivity index (χ0n) is 9.82. The number of aromatic nitrogens is 1. The summed E-state index contributed by atoms with van der Waals surface area (Å²) in [6, 6.07) is 5.50. The van der Waals surface area contributed by atoms with E-state index >= 15 is 0 Å².